The summed E-state index contributed by atoms with van der Waals surface area (Å²) in [5.41, 5.74) is 0. The molecule has 2 aliphatic rings. The van der Waals surface area contributed by atoms with E-state index in [1.165, 1.54) is 0 Å². The third-order valence-corrected chi connectivity index (χ3v) is 2.81. The molecule has 1 atom stereocenters. The first kappa shape index (κ1) is 9.78. The third-order valence-electron chi connectivity index (χ3n) is 2.57. The van der Waals surface area contributed by atoms with Crippen molar-refractivity contribution in [3.05, 3.63) is 23.2 Å². The smallest absolute Gasteiger partial charge is 0.189 e. The van der Waals surface area contributed by atoms with Gasteiger partial charge in [0.25, 0.3) is 0 Å². The number of rotatable bonds is 1. The lowest BCUT2D eigenvalue weighted by atomic mass is 10.2. The van der Waals surface area contributed by atoms with Crippen LogP contribution in [0.4, 0.5) is 0 Å². The predicted octanol–water partition coefficient (Wildman–Crippen LogP) is 1.48. The van der Waals surface area contributed by atoms with Crippen LogP contribution in [-0.4, -0.2) is 31.6 Å². The highest BCUT2D eigenvalue weighted by Gasteiger charge is 2.27. The molecule has 0 aromatic heterocycles. The first-order chi connectivity index (χ1) is 7.83. The molecule has 1 unspecified atom stereocenters. The molecule has 0 saturated carbocycles. The Hall–Kier alpha value is -1.42. The zero-order valence-electron chi connectivity index (χ0n) is 8.57. The summed E-state index contributed by atoms with van der Waals surface area (Å²) in [7, 11) is 0. The number of fused-ring (bicyclic) bond motifs is 1. The Balaban J connectivity index is 1.83. The van der Waals surface area contributed by atoms with Crippen molar-refractivity contribution in [3.63, 3.8) is 0 Å². The minimum Gasteiger partial charge on any atom is -0.485 e. The molecule has 1 aromatic rings. The zero-order chi connectivity index (χ0) is 11.0. The van der Waals surface area contributed by atoms with Crippen LogP contribution in [-0.2, 0) is 0 Å². The van der Waals surface area contributed by atoms with Gasteiger partial charge in [-0.25, -0.2) is 0 Å². The Bertz CT molecular complexity index is 448. The van der Waals surface area contributed by atoms with E-state index in [0.29, 0.717) is 17.4 Å². The SMILES string of the molecule is Clc1ccc2c(c1)OCC(C1=NCCN1)O2. The van der Waals surface area contributed by atoms with Gasteiger partial charge in [-0.15, -0.1) is 0 Å². The molecular formula is C11H11ClN2O2. The summed E-state index contributed by atoms with van der Waals surface area (Å²) in [5.74, 6) is 2.29. The molecule has 5 heteroatoms. The maximum atomic E-state index is 5.87. The number of amidine groups is 1. The number of halogens is 1. The fourth-order valence-electron chi connectivity index (χ4n) is 1.81. The Morgan fingerprint density at radius 2 is 2.31 bits per heavy atom. The van der Waals surface area contributed by atoms with Gasteiger partial charge in [-0.05, 0) is 12.1 Å². The molecule has 16 heavy (non-hydrogen) atoms. The van der Waals surface area contributed by atoms with Gasteiger partial charge in [-0.2, -0.15) is 0 Å². The first-order valence-corrected chi connectivity index (χ1v) is 5.58. The van der Waals surface area contributed by atoms with Gasteiger partial charge in [0.1, 0.15) is 12.4 Å². The Labute approximate surface area is 98.2 Å². The van der Waals surface area contributed by atoms with Crippen LogP contribution in [0.25, 0.3) is 0 Å². The predicted molar refractivity (Wildman–Crippen MR) is 61.7 cm³/mol. The van der Waals surface area contributed by atoms with E-state index in [0.717, 1.165) is 24.7 Å². The molecule has 1 N–H and O–H groups in total. The van der Waals surface area contributed by atoms with Crippen molar-refractivity contribution in [1.29, 1.82) is 0 Å². The molecule has 0 amide bonds. The van der Waals surface area contributed by atoms with Crippen LogP contribution in [0.2, 0.25) is 5.02 Å². The largest absolute Gasteiger partial charge is 0.485 e. The topological polar surface area (TPSA) is 42.8 Å². The summed E-state index contributed by atoms with van der Waals surface area (Å²) in [6.07, 6.45) is -0.129. The number of ether oxygens (including phenoxy) is 2. The molecule has 0 aliphatic carbocycles. The van der Waals surface area contributed by atoms with Gasteiger partial charge < -0.3 is 14.8 Å². The highest BCUT2D eigenvalue weighted by atomic mass is 35.5. The highest BCUT2D eigenvalue weighted by molar-refractivity contribution is 6.30. The van der Waals surface area contributed by atoms with Crippen LogP contribution in [0.5, 0.6) is 11.5 Å². The number of benzene rings is 1. The van der Waals surface area contributed by atoms with Gasteiger partial charge in [0.05, 0.1) is 6.54 Å². The van der Waals surface area contributed by atoms with Crippen molar-refractivity contribution < 1.29 is 9.47 Å². The Morgan fingerprint density at radius 1 is 1.38 bits per heavy atom. The Morgan fingerprint density at radius 3 is 3.12 bits per heavy atom. The van der Waals surface area contributed by atoms with Gasteiger partial charge in [0.2, 0.25) is 0 Å². The molecule has 1 aromatic carbocycles. The average Bonchev–Trinajstić information content (AvgIpc) is 2.82. The van der Waals surface area contributed by atoms with Crippen LogP contribution in [0.15, 0.2) is 23.2 Å². The molecule has 4 nitrogen and oxygen atoms in total. The van der Waals surface area contributed by atoms with E-state index in [9.17, 15) is 0 Å². The standard InChI is InChI=1S/C11H11ClN2O2/c12-7-1-2-8-9(5-7)15-6-10(16-8)11-13-3-4-14-11/h1-2,5,10H,3-4,6H2,(H,13,14). The van der Waals surface area contributed by atoms with E-state index >= 15 is 0 Å². The number of hydrogen-bond donors (Lipinski definition) is 1. The van der Waals surface area contributed by atoms with Gasteiger partial charge >= 0.3 is 0 Å². The molecule has 2 heterocycles. The molecule has 0 radical (unpaired) electrons. The molecule has 0 saturated heterocycles. The van der Waals surface area contributed by atoms with E-state index in [1.807, 2.05) is 6.07 Å². The van der Waals surface area contributed by atoms with E-state index < -0.39 is 0 Å². The van der Waals surface area contributed by atoms with Crippen LogP contribution in [0, 0.1) is 0 Å². The summed E-state index contributed by atoms with van der Waals surface area (Å²) >= 11 is 5.87. The van der Waals surface area contributed by atoms with Crippen molar-refractivity contribution in [3.8, 4) is 11.5 Å². The lowest BCUT2D eigenvalue weighted by Crippen LogP contribution is -2.42. The number of aliphatic imine (C=N–C) groups is 1. The van der Waals surface area contributed by atoms with Crippen LogP contribution in [0.3, 0.4) is 0 Å². The van der Waals surface area contributed by atoms with Crippen molar-refractivity contribution in [2.24, 2.45) is 4.99 Å². The lowest BCUT2D eigenvalue weighted by molar-refractivity contribution is 0.133. The molecule has 0 fully saturated rings. The van der Waals surface area contributed by atoms with E-state index in [1.54, 1.807) is 12.1 Å². The molecule has 0 bridgehead atoms. The van der Waals surface area contributed by atoms with Crippen LogP contribution >= 0.6 is 11.6 Å². The van der Waals surface area contributed by atoms with Gasteiger partial charge in [0.15, 0.2) is 17.6 Å². The summed E-state index contributed by atoms with van der Waals surface area (Å²) in [6, 6.07) is 5.37. The van der Waals surface area contributed by atoms with Crippen molar-refractivity contribution in [2.45, 2.75) is 6.10 Å². The van der Waals surface area contributed by atoms with Crippen LogP contribution < -0.4 is 14.8 Å². The minimum atomic E-state index is -0.129. The lowest BCUT2D eigenvalue weighted by Gasteiger charge is -2.26. The van der Waals surface area contributed by atoms with E-state index in [-0.39, 0.29) is 6.10 Å². The summed E-state index contributed by atoms with van der Waals surface area (Å²) < 4.78 is 11.4. The van der Waals surface area contributed by atoms with Gasteiger partial charge in [0, 0.05) is 17.6 Å². The number of nitrogens with one attached hydrogen (secondary N) is 1. The fourth-order valence-corrected chi connectivity index (χ4v) is 1.97. The second-order valence-electron chi connectivity index (χ2n) is 3.70. The summed E-state index contributed by atoms with van der Waals surface area (Å²) in [4.78, 5) is 4.32. The Kier molecular flexibility index (Phi) is 2.36. The van der Waals surface area contributed by atoms with Crippen molar-refractivity contribution in [1.82, 2.24) is 5.32 Å². The second-order valence-corrected chi connectivity index (χ2v) is 4.14. The fraction of sp³-hybridized carbons (Fsp3) is 0.364. The van der Waals surface area contributed by atoms with E-state index in [2.05, 4.69) is 10.3 Å². The molecule has 3 rings (SSSR count). The average molecular weight is 239 g/mol. The molecular weight excluding hydrogens is 228 g/mol. The monoisotopic (exact) mass is 238 g/mol. The number of hydrogen-bond acceptors (Lipinski definition) is 4. The maximum absolute atomic E-state index is 5.87. The molecule has 2 aliphatic heterocycles. The van der Waals surface area contributed by atoms with Crippen molar-refractivity contribution >= 4 is 17.4 Å². The van der Waals surface area contributed by atoms with E-state index in [4.69, 9.17) is 21.1 Å². The quantitative estimate of drug-likeness (QED) is 0.806. The van der Waals surface area contributed by atoms with Crippen LogP contribution in [0.1, 0.15) is 0 Å². The summed E-state index contributed by atoms with van der Waals surface area (Å²) in [5, 5.41) is 3.84. The third kappa shape index (κ3) is 1.69. The zero-order valence-corrected chi connectivity index (χ0v) is 9.33. The maximum Gasteiger partial charge on any atom is 0.189 e. The summed E-state index contributed by atoms with van der Waals surface area (Å²) in [6.45, 7) is 2.16. The second kappa shape index (κ2) is 3.87. The van der Waals surface area contributed by atoms with Crippen molar-refractivity contribution in [2.75, 3.05) is 19.7 Å². The molecule has 0 spiro atoms. The first-order valence-electron chi connectivity index (χ1n) is 5.20. The normalized spacial score (nSPS) is 22.6. The minimum absolute atomic E-state index is 0.129. The van der Waals surface area contributed by atoms with Gasteiger partial charge in [-0.1, -0.05) is 11.6 Å². The van der Waals surface area contributed by atoms with Gasteiger partial charge in [-0.3, -0.25) is 4.99 Å². The number of nitrogens with zero attached hydrogens (tertiary/aromatic N) is 1. The molecule has 84 valence electrons. The highest BCUT2D eigenvalue weighted by Crippen LogP contribution is 2.34.